The molecule has 122 valence electrons. The van der Waals surface area contributed by atoms with Crippen molar-refractivity contribution in [2.75, 3.05) is 11.9 Å². The summed E-state index contributed by atoms with van der Waals surface area (Å²) in [7, 11) is 1.71. The van der Waals surface area contributed by atoms with Crippen LogP contribution in [0.5, 0.6) is 0 Å². The zero-order chi connectivity index (χ0) is 17.3. The van der Waals surface area contributed by atoms with Crippen LogP contribution in [0.2, 0.25) is 0 Å². The van der Waals surface area contributed by atoms with Crippen LogP contribution < -0.4 is 4.90 Å². The summed E-state index contributed by atoms with van der Waals surface area (Å²) >= 11 is 3.28. The molecule has 0 fully saturated rings. The number of rotatable bonds is 3. The molecule has 0 saturated heterocycles. The van der Waals surface area contributed by atoms with E-state index in [-0.39, 0.29) is 5.91 Å². The van der Waals surface area contributed by atoms with Crippen LogP contribution in [0, 0.1) is 13.8 Å². The van der Waals surface area contributed by atoms with Gasteiger partial charge in [-0.05, 0) is 60.1 Å². The Kier molecular flexibility index (Phi) is 4.44. The van der Waals surface area contributed by atoms with Crippen molar-refractivity contribution in [3.63, 3.8) is 0 Å². The van der Waals surface area contributed by atoms with Crippen molar-refractivity contribution in [2.24, 2.45) is 0 Å². The minimum atomic E-state index is -0.147. The second kappa shape index (κ2) is 6.52. The summed E-state index contributed by atoms with van der Waals surface area (Å²) in [6, 6.07) is 9.15. The highest BCUT2D eigenvalue weighted by Gasteiger charge is 2.15. The summed E-state index contributed by atoms with van der Waals surface area (Å²) in [5.74, 6) is 0.539. The molecule has 0 aliphatic rings. The fourth-order valence-corrected chi connectivity index (χ4v) is 2.61. The zero-order valence-corrected chi connectivity index (χ0v) is 15.1. The Morgan fingerprint density at radius 2 is 1.92 bits per heavy atom. The monoisotopic (exact) mass is 385 g/mol. The van der Waals surface area contributed by atoms with Gasteiger partial charge in [-0.2, -0.15) is 5.10 Å². The van der Waals surface area contributed by atoms with E-state index in [0.29, 0.717) is 17.1 Å². The normalized spacial score (nSPS) is 10.7. The number of aromatic nitrogens is 4. The van der Waals surface area contributed by atoms with Crippen molar-refractivity contribution in [3.8, 4) is 5.82 Å². The Balaban J connectivity index is 1.83. The maximum absolute atomic E-state index is 12.6. The van der Waals surface area contributed by atoms with Crippen LogP contribution in [0.3, 0.4) is 0 Å². The van der Waals surface area contributed by atoms with Crippen molar-refractivity contribution in [3.05, 3.63) is 64.3 Å². The Morgan fingerprint density at radius 1 is 1.12 bits per heavy atom. The Morgan fingerprint density at radius 3 is 2.46 bits per heavy atom. The minimum Gasteiger partial charge on any atom is -0.310 e. The summed E-state index contributed by atoms with van der Waals surface area (Å²) < 4.78 is 2.48. The average molecular weight is 386 g/mol. The largest absolute Gasteiger partial charge is 0.310 e. The predicted molar refractivity (Wildman–Crippen MR) is 95.5 cm³/mol. The SMILES string of the molecule is Cc1cc(C)n(-c2ccc(C(=O)N(C)c3ccc(Br)nc3)cn2)n1. The van der Waals surface area contributed by atoms with E-state index in [1.807, 2.05) is 26.0 Å². The van der Waals surface area contributed by atoms with Gasteiger partial charge in [-0.3, -0.25) is 4.79 Å². The predicted octanol–water partition coefficient (Wildman–Crippen LogP) is 3.32. The molecule has 0 aromatic carbocycles. The molecule has 3 aromatic heterocycles. The summed E-state index contributed by atoms with van der Waals surface area (Å²) in [6.07, 6.45) is 3.20. The molecule has 0 spiro atoms. The van der Waals surface area contributed by atoms with E-state index in [4.69, 9.17) is 0 Å². The van der Waals surface area contributed by atoms with Crippen molar-refractivity contribution in [1.29, 1.82) is 0 Å². The second-order valence-electron chi connectivity index (χ2n) is 5.45. The molecule has 0 aliphatic heterocycles. The van der Waals surface area contributed by atoms with Gasteiger partial charge in [0.15, 0.2) is 5.82 Å². The second-order valence-corrected chi connectivity index (χ2v) is 6.26. The lowest BCUT2D eigenvalue weighted by Gasteiger charge is -2.17. The van der Waals surface area contributed by atoms with E-state index in [0.717, 1.165) is 16.0 Å². The van der Waals surface area contributed by atoms with Gasteiger partial charge in [-0.1, -0.05) is 0 Å². The highest BCUT2D eigenvalue weighted by molar-refractivity contribution is 9.10. The highest BCUT2D eigenvalue weighted by Crippen LogP contribution is 2.17. The first-order valence-electron chi connectivity index (χ1n) is 7.35. The summed E-state index contributed by atoms with van der Waals surface area (Å²) in [4.78, 5) is 22.6. The molecule has 1 amide bonds. The van der Waals surface area contributed by atoms with Gasteiger partial charge in [0.2, 0.25) is 0 Å². The fraction of sp³-hybridized carbons (Fsp3) is 0.176. The molecule has 0 atom stereocenters. The van der Waals surface area contributed by atoms with Gasteiger partial charge in [-0.25, -0.2) is 14.6 Å². The van der Waals surface area contributed by atoms with Crippen LogP contribution in [0.15, 0.2) is 47.3 Å². The molecule has 3 heterocycles. The van der Waals surface area contributed by atoms with Crippen LogP contribution in [0.25, 0.3) is 5.82 Å². The van der Waals surface area contributed by atoms with Gasteiger partial charge in [0.05, 0.1) is 23.1 Å². The van der Waals surface area contributed by atoms with E-state index < -0.39 is 0 Å². The lowest BCUT2D eigenvalue weighted by atomic mass is 10.2. The van der Waals surface area contributed by atoms with Crippen molar-refractivity contribution in [2.45, 2.75) is 13.8 Å². The lowest BCUT2D eigenvalue weighted by molar-refractivity contribution is 0.0992. The molecule has 0 bridgehead atoms. The number of amides is 1. The van der Waals surface area contributed by atoms with Crippen LogP contribution in [0.4, 0.5) is 5.69 Å². The number of anilines is 1. The van der Waals surface area contributed by atoms with Gasteiger partial charge in [0.1, 0.15) is 4.60 Å². The summed E-state index contributed by atoms with van der Waals surface area (Å²) in [5.41, 5.74) is 3.14. The van der Waals surface area contributed by atoms with Crippen molar-refractivity contribution >= 4 is 27.5 Å². The van der Waals surface area contributed by atoms with E-state index in [1.165, 1.54) is 0 Å². The molecule has 0 N–H and O–H groups in total. The van der Waals surface area contributed by atoms with Gasteiger partial charge in [0.25, 0.3) is 5.91 Å². The molecule has 6 nitrogen and oxygen atoms in total. The van der Waals surface area contributed by atoms with Gasteiger partial charge in [-0.15, -0.1) is 0 Å². The van der Waals surface area contributed by atoms with Gasteiger partial charge >= 0.3 is 0 Å². The fourth-order valence-electron chi connectivity index (χ4n) is 2.38. The third-order valence-corrected chi connectivity index (χ3v) is 4.09. The maximum atomic E-state index is 12.6. The Labute approximate surface area is 148 Å². The number of halogens is 1. The molecule has 3 aromatic rings. The third-order valence-electron chi connectivity index (χ3n) is 3.63. The van der Waals surface area contributed by atoms with E-state index in [1.54, 1.807) is 47.2 Å². The van der Waals surface area contributed by atoms with Crippen LogP contribution in [0.1, 0.15) is 21.7 Å². The molecule has 0 aliphatic carbocycles. The first kappa shape index (κ1) is 16.3. The maximum Gasteiger partial charge on any atom is 0.259 e. The Bertz CT molecular complexity index is 871. The van der Waals surface area contributed by atoms with Crippen LogP contribution in [-0.2, 0) is 0 Å². The highest BCUT2D eigenvalue weighted by atomic mass is 79.9. The Hall–Kier alpha value is -2.54. The molecular formula is C17H16BrN5O. The number of hydrogen-bond donors (Lipinski definition) is 0. The number of nitrogens with zero attached hydrogens (tertiary/aromatic N) is 5. The van der Waals surface area contributed by atoms with Crippen molar-refractivity contribution in [1.82, 2.24) is 19.7 Å². The number of carbonyl (C=O) groups excluding carboxylic acids is 1. The van der Waals surface area contributed by atoms with Crippen LogP contribution >= 0.6 is 15.9 Å². The molecule has 24 heavy (non-hydrogen) atoms. The van der Waals surface area contributed by atoms with Gasteiger partial charge < -0.3 is 4.90 Å². The van der Waals surface area contributed by atoms with Gasteiger partial charge in [0, 0.05) is 18.9 Å². The summed E-state index contributed by atoms with van der Waals surface area (Å²) in [5, 5.41) is 4.39. The van der Waals surface area contributed by atoms with E-state index in [2.05, 4.69) is 31.0 Å². The first-order chi connectivity index (χ1) is 11.5. The molecule has 7 heteroatoms. The smallest absolute Gasteiger partial charge is 0.259 e. The zero-order valence-electron chi connectivity index (χ0n) is 13.6. The minimum absolute atomic E-state index is 0.147. The lowest BCUT2D eigenvalue weighted by Crippen LogP contribution is -2.26. The quantitative estimate of drug-likeness (QED) is 0.648. The summed E-state index contributed by atoms with van der Waals surface area (Å²) in [6.45, 7) is 3.90. The molecule has 0 radical (unpaired) electrons. The molecular weight excluding hydrogens is 370 g/mol. The molecule has 3 rings (SSSR count). The van der Waals surface area contributed by atoms with E-state index >= 15 is 0 Å². The van der Waals surface area contributed by atoms with E-state index in [9.17, 15) is 4.79 Å². The topological polar surface area (TPSA) is 63.9 Å². The number of aryl methyl sites for hydroxylation is 2. The first-order valence-corrected chi connectivity index (χ1v) is 8.14. The number of hydrogen-bond acceptors (Lipinski definition) is 4. The average Bonchev–Trinajstić information content (AvgIpc) is 2.93. The third kappa shape index (κ3) is 3.21. The molecule has 0 saturated carbocycles. The number of pyridine rings is 2. The van der Waals surface area contributed by atoms with Crippen molar-refractivity contribution < 1.29 is 4.79 Å². The molecule has 0 unspecified atom stereocenters. The number of carbonyl (C=O) groups is 1. The van der Waals surface area contributed by atoms with Crippen LogP contribution in [-0.4, -0.2) is 32.7 Å². The standard InChI is InChI=1S/C17H16BrN5O/c1-11-8-12(2)23(21-11)16-7-4-13(9-20-16)17(24)22(3)14-5-6-15(18)19-10-14/h4-10H,1-3H3.